The zero-order chi connectivity index (χ0) is 28.8. The Kier molecular flexibility index (Phi) is 8.16. The Morgan fingerprint density at radius 1 is 1.10 bits per heavy atom. The monoisotopic (exact) mass is 672 g/mol. The first-order valence-corrected chi connectivity index (χ1v) is 15.2. The second kappa shape index (κ2) is 11.7. The summed E-state index contributed by atoms with van der Waals surface area (Å²) < 4.78 is 11.9. The van der Waals surface area contributed by atoms with Gasteiger partial charge in [-0.05, 0) is 88.5 Å². The molecule has 0 bridgehead atoms. The van der Waals surface area contributed by atoms with Gasteiger partial charge in [0.15, 0.2) is 11.5 Å². The van der Waals surface area contributed by atoms with E-state index in [2.05, 4.69) is 17.0 Å². The number of aromatic hydroxyl groups is 1. The molecular weight excluding hydrogens is 638 g/mol. The molecule has 0 aromatic heterocycles. The van der Waals surface area contributed by atoms with Gasteiger partial charge in [0.2, 0.25) is 11.8 Å². The Balaban J connectivity index is 1.23. The van der Waals surface area contributed by atoms with Gasteiger partial charge in [-0.1, -0.05) is 30.3 Å². The predicted molar refractivity (Wildman–Crippen MR) is 160 cm³/mol. The first-order valence-electron chi connectivity index (χ1n) is 14.2. The van der Waals surface area contributed by atoms with E-state index in [1.165, 1.54) is 17.6 Å². The fraction of sp³-hybridized carbons (Fsp3) is 0.467. The minimum Gasteiger partial charge on any atom is -0.504 e. The van der Waals surface area contributed by atoms with E-state index >= 15 is 0 Å². The molecular formula is C30H34BIN2O7. The molecule has 11 heteroatoms. The topological polar surface area (TPSA) is 120 Å². The van der Waals surface area contributed by atoms with Crippen molar-refractivity contribution in [1.29, 1.82) is 0 Å². The van der Waals surface area contributed by atoms with Gasteiger partial charge < -0.3 is 24.6 Å². The van der Waals surface area contributed by atoms with Crippen LogP contribution in [0.15, 0.2) is 53.5 Å². The highest BCUT2D eigenvalue weighted by Crippen LogP contribution is 2.52. The molecule has 2 amide bonds. The summed E-state index contributed by atoms with van der Waals surface area (Å²) in [5.74, 6) is -1.62. The lowest BCUT2D eigenvalue weighted by atomic mass is 9.55. The molecule has 3 fully saturated rings. The number of methoxy groups -OCH3 is 1. The zero-order valence-electron chi connectivity index (χ0n) is 22.9. The van der Waals surface area contributed by atoms with E-state index in [4.69, 9.17) is 9.39 Å². The molecule has 2 aromatic carbocycles. The number of aliphatic hydroxyl groups is 1. The Morgan fingerprint density at radius 3 is 2.51 bits per heavy atom. The predicted octanol–water partition coefficient (Wildman–Crippen LogP) is 3.06. The molecule has 3 heterocycles. The average molecular weight is 672 g/mol. The largest absolute Gasteiger partial charge is 0.504 e. The van der Waals surface area contributed by atoms with Crippen LogP contribution in [-0.2, 0) is 20.8 Å². The summed E-state index contributed by atoms with van der Waals surface area (Å²) >= 11 is 2.01. The van der Waals surface area contributed by atoms with Crippen LogP contribution >= 0.6 is 22.6 Å². The molecule has 2 aromatic rings. The summed E-state index contributed by atoms with van der Waals surface area (Å²) in [5.41, 5.74) is 3.06. The van der Waals surface area contributed by atoms with Crippen LogP contribution in [0.3, 0.4) is 0 Å². The van der Waals surface area contributed by atoms with Gasteiger partial charge in [0.1, 0.15) is 0 Å². The van der Waals surface area contributed by atoms with Crippen LogP contribution in [0.4, 0.5) is 0 Å². The lowest BCUT2D eigenvalue weighted by Gasteiger charge is -2.42. The third-order valence-corrected chi connectivity index (χ3v) is 10.1. The van der Waals surface area contributed by atoms with Crippen molar-refractivity contribution < 1.29 is 34.2 Å². The van der Waals surface area contributed by atoms with Crippen LogP contribution in [-0.4, -0.2) is 76.8 Å². The number of aliphatic hydroxyl groups excluding tert-OH is 1. The number of benzene rings is 2. The van der Waals surface area contributed by atoms with Crippen LogP contribution in [0.2, 0.25) is 0 Å². The number of carbonyl (C=O) groups excluding carboxylic acids is 2. The lowest BCUT2D eigenvalue weighted by molar-refractivity contribution is -0.144. The number of likely N-dealkylation sites (tertiary alicyclic amines) is 2. The molecule has 0 spiro atoms. The maximum Gasteiger partial charge on any atom is 0.487 e. The van der Waals surface area contributed by atoms with Crippen LogP contribution < -0.4 is 4.74 Å². The van der Waals surface area contributed by atoms with Gasteiger partial charge in [-0.15, -0.1) is 0 Å². The van der Waals surface area contributed by atoms with Crippen LogP contribution in [0.1, 0.15) is 42.9 Å². The lowest BCUT2D eigenvalue weighted by Crippen LogP contribution is -2.48. The maximum atomic E-state index is 14.1. The molecule has 3 N–H and O–H groups in total. The van der Waals surface area contributed by atoms with Gasteiger partial charge in [0.25, 0.3) is 0 Å². The normalized spacial score (nSPS) is 27.3. The number of carbonyl (C=O) groups is 2. The van der Waals surface area contributed by atoms with Crippen molar-refractivity contribution in [3.63, 3.8) is 0 Å². The third kappa shape index (κ3) is 5.20. The third-order valence-electron chi connectivity index (χ3n) is 9.25. The second-order valence-electron chi connectivity index (χ2n) is 11.5. The molecule has 6 rings (SSSR count). The van der Waals surface area contributed by atoms with Gasteiger partial charge in [0, 0.05) is 25.7 Å². The minimum absolute atomic E-state index is 0.0242. The molecule has 0 unspecified atom stereocenters. The zero-order valence-corrected chi connectivity index (χ0v) is 25.1. The molecule has 1 aliphatic carbocycles. The number of ether oxygens (including phenoxy) is 1. The number of amides is 2. The molecule has 3 aliphatic heterocycles. The average Bonchev–Trinajstić information content (AvgIpc) is 3.24. The van der Waals surface area contributed by atoms with Crippen molar-refractivity contribution in [2.75, 3.05) is 26.8 Å². The first-order chi connectivity index (χ1) is 19.8. The maximum absolute atomic E-state index is 14.1. The second-order valence-corrected chi connectivity index (χ2v) is 12.6. The summed E-state index contributed by atoms with van der Waals surface area (Å²) in [6.45, 7) is 2.15. The van der Waals surface area contributed by atoms with E-state index < -0.39 is 31.0 Å². The molecule has 9 nitrogen and oxygen atoms in total. The quantitative estimate of drug-likeness (QED) is 0.244. The highest BCUT2D eigenvalue weighted by molar-refractivity contribution is 14.1. The van der Waals surface area contributed by atoms with Crippen molar-refractivity contribution in [3.8, 4) is 11.5 Å². The number of phenolic OH excluding ortho intramolecular Hbond substituents is 1. The van der Waals surface area contributed by atoms with E-state index in [0.29, 0.717) is 32.3 Å². The Labute approximate surface area is 253 Å². The number of allylic oxidation sites excluding steroid dienone is 1. The fourth-order valence-corrected chi connectivity index (χ4v) is 7.89. The summed E-state index contributed by atoms with van der Waals surface area (Å²) in [6.07, 6.45) is 1.47. The smallest absolute Gasteiger partial charge is 0.487 e. The van der Waals surface area contributed by atoms with Crippen molar-refractivity contribution in [2.45, 2.75) is 44.4 Å². The fourth-order valence-electron chi connectivity index (χ4n) is 7.27. The standard InChI is InChI=1S/C30H34BIN2O7/c1-40-25-13-18(12-23(32)28(25)36)24-14-21-26-22(11-19(16-35)27(21)31(39)41-24)29(37)34(30(26)38)20-7-9-33(10-8-20)15-17-5-3-2-4-6-17/h2-6,12-13,20-22,24,26,35-36,39H,7-11,14-16H2,1H3/t21-,22-,24-,26+/m0/s1. The molecule has 216 valence electrons. The Bertz CT molecular complexity index is 1360. The highest BCUT2D eigenvalue weighted by atomic mass is 127. The van der Waals surface area contributed by atoms with Crippen LogP contribution in [0.5, 0.6) is 11.5 Å². The number of nitrogens with zero attached hydrogens (tertiary/aromatic N) is 2. The SMILES string of the molecule is COc1cc([C@@H]2C[C@@H]3C(=C(CO)C[C@@H]4C(=O)N(C5CCN(Cc6ccccc6)CC5)C(=O)[C@@H]43)B(O)O2)cc(I)c1O. The van der Waals surface area contributed by atoms with Gasteiger partial charge in [-0.3, -0.25) is 19.4 Å². The Morgan fingerprint density at radius 2 is 1.83 bits per heavy atom. The molecule has 41 heavy (non-hydrogen) atoms. The number of phenols is 1. The molecule has 0 radical (unpaired) electrons. The van der Waals surface area contributed by atoms with Crippen molar-refractivity contribution >= 4 is 41.5 Å². The first kappa shape index (κ1) is 28.7. The molecule has 3 saturated heterocycles. The number of halogens is 1. The molecule has 4 aliphatic rings. The number of hydrogen-bond donors (Lipinski definition) is 3. The van der Waals surface area contributed by atoms with Gasteiger partial charge >= 0.3 is 7.12 Å². The van der Waals surface area contributed by atoms with E-state index in [1.54, 1.807) is 12.1 Å². The number of fused-ring (bicyclic) bond motifs is 3. The van der Waals surface area contributed by atoms with Crippen molar-refractivity contribution in [2.24, 2.45) is 17.8 Å². The minimum atomic E-state index is -1.31. The van der Waals surface area contributed by atoms with Crippen LogP contribution in [0.25, 0.3) is 0 Å². The number of piperidine rings is 1. The summed E-state index contributed by atoms with van der Waals surface area (Å²) in [5, 5.41) is 31.7. The summed E-state index contributed by atoms with van der Waals surface area (Å²) in [4.78, 5) is 31.7. The molecule has 4 atom stereocenters. The highest BCUT2D eigenvalue weighted by Gasteiger charge is 2.59. The van der Waals surface area contributed by atoms with Crippen molar-refractivity contribution in [1.82, 2.24) is 9.80 Å². The Hall–Kier alpha value is -2.45. The number of rotatable bonds is 6. The van der Waals surface area contributed by atoms with Crippen molar-refractivity contribution in [3.05, 3.63) is 68.2 Å². The van der Waals surface area contributed by atoms with E-state index in [-0.39, 0.29) is 36.6 Å². The number of imide groups is 1. The molecule has 0 saturated carbocycles. The van der Waals surface area contributed by atoms with Gasteiger partial charge in [-0.2, -0.15) is 0 Å². The van der Waals surface area contributed by atoms with Crippen LogP contribution in [0, 0.1) is 21.3 Å². The van der Waals surface area contributed by atoms with E-state index in [9.17, 15) is 24.8 Å². The summed E-state index contributed by atoms with van der Waals surface area (Å²) in [7, 11) is 0.160. The van der Waals surface area contributed by atoms with Gasteiger partial charge in [-0.25, -0.2) is 0 Å². The van der Waals surface area contributed by atoms with E-state index in [0.717, 1.165) is 32.5 Å². The summed E-state index contributed by atoms with van der Waals surface area (Å²) in [6, 6.07) is 13.6. The number of hydrogen-bond acceptors (Lipinski definition) is 8. The van der Waals surface area contributed by atoms with E-state index in [1.807, 2.05) is 40.8 Å². The van der Waals surface area contributed by atoms with Gasteiger partial charge in [0.05, 0.1) is 35.2 Å².